The van der Waals surface area contributed by atoms with Crippen molar-refractivity contribution >= 4 is 69.2 Å². The Bertz CT molecular complexity index is 509. The van der Waals surface area contributed by atoms with Crippen molar-refractivity contribution in [1.82, 2.24) is 5.32 Å². The number of hydrogen-bond acceptors (Lipinski definition) is 5. The fraction of sp³-hybridized carbons (Fsp3) is 0.357. The van der Waals surface area contributed by atoms with Crippen LogP contribution >= 0.6 is 0 Å². The number of methoxy groups -OCH3 is 1. The molecule has 0 saturated heterocycles. The molecule has 1 rings (SSSR count). The Hall–Kier alpha value is -0.774. The Morgan fingerprint density at radius 1 is 1.27 bits per heavy atom. The molecule has 1 aromatic rings. The predicted octanol–water partition coefficient (Wildman–Crippen LogP) is -0.960. The van der Waals surface area contributed by atoms with Crippen molar-refractivity contribution in [2.45, 2.75) is 24.9 Å². The van der Waals surface area contributed by atoms with E-state index in [1.807, 2.05) is 18.2 Å². The van der Waals surface area contributed by atoms with Gasteiger partial charge in [-0.2, -0.15) is 0 Å². The molecule has 8 heteroatoms. The average Bonchev–Trinajstić information content (AvgIpc) is 2.46. The van der Waals surface area contributed by atoms with Crippen LogP contribution in [0.15, 0.2) is 30.3 Å². The Balaban J connectivity index is 0.00000441. The Morgan fingerprint density at radius 2 is 1.86 bits per heavy atom. The van der Waals surface area contributed by atoms with Gasteiger partial charge in [-0.3, -0.25) is 9.59 Å². The van der Waals surface area contributed by atoms with E-state index in [2.05, 4.69) is 10.1 Å². The predicted molar refractivity (Wildman–Crippen MR) is 81.5 cm³/mol. The zero-order chi connectivity index (χ0) is 15.8. The van der Waals surface area contributed by atoms with Crippen LogP contribution in [0.4, 0.5) is 0 Å². The summed E-state index contributed by atoms with van der Waals surface area (Å²) in [6.07, 6.45) is -0.274. The van der Waals surface area contributed by atoms with Crippen molar-refractivity contribution in [2.24, 2.45) is 5.73 Å². The van der Waals surface area contributed by atoms with Gasteiger partial charge in [0.1, 0.15) is 6.04 Å². The average molecular weight is 334 g/mol. The first-order valence-electron chi connectivity index (χ1n) is 6.33. The van der Waals surface area contributed by atoms with Gasteiger partial charge in [-0.05, 0) is 5.56 Å². The summed E-state index contributed by atoms with van der Waals surface area (Å²) in [6.45, 7) is 0. The van der Waals surface area contributed by atoms with Gasteiger partial charge in [0.15, 0.2) is 0 Å². The molecule has 4 N–H and O–H groups in total. The molecular formula is C14H19KN2O5. The Labute approximate surface area is 171 Å². The number of nitrogens with one attached hydrogen (secondary N) is 1. The molecule has 7 nitrogen and oxygen atoms in total. The normalized spacial score (nSPS) is 12.5. The summed E-state index contributed by atoms with van der Waals surface area (Å²) in [4.78, 5) is 34.0. The second-order valence-electron chi connectivity index (χ2n) is 4.48. The summed E-state index contributed by atoms with van der Waals surface area (Å²) in [5, 5.41) is 11.0. The van der Waals surface area contributed by atoms with Crippen molar-refractivity contribution in [2.75, 3.05) is 7.11 Å². The van der Waals surface area contributed by atoms with Gasteiger partial charge in [-0.1, -0.05) is 30.3 Å². The van der Waals surface area contributed by atoms with E-state index in [0.717, 1.165) is 5.56 Å². The van der Waals surface area contributed by atoms with Crippen molar-refractivity contribution in [3.8, 4) is 0 Å². The third-order valence-corrected chi connectivity index (χ3v) is 2.82. The third-order valence-electron chi connectivity index (χ3n) is 2.82. The molecule has 0 aliphatic rings. The first kappa shape index (κ1) is 21.2. The second kappa shape index (κ2) is 10.9. The van der Waals surface area contributed by atoms with E-state index >= 15 is 0 Å². The van der Waals surface area contributed by atoms with E-state index in [9.17, 15) is 14.4 Å². The number of hydrogen-bond donors (Lipinski definition) is 3. The molecule has 116 valence electrons. The van der Waals surface area contributed by atoms with Gasteiger partial charge in [0.2, 0.25) is 5.91 Å². The Morgan fingerprint density at radius 3 is 2.36 bits per heavy atom. The number of benzene rings is 1. The van der Waals surface area contributed by atoms with Crippen molar-refractivity contribution < 1.29 is 24.2 Å². The second-order valence-corrected chi connectivity index (χ2v) is 4.48. The van der Waals surface area contributed by atoms with Crippen LogP contribution in [0.25, 0.3) is 0 Å². The molecular weight excluding hydrogens is 315 g/mol. The van der Waals surface area contributed by atoms with Gasteiger partial charge in [0.25, 0.3) is 0 Å². The summed E-state index contributed by atoms with van der Waals surface area (Å²) < 4.78 is 4.64. The van der Waals surface area contributed by atoms with Gasteiger partial charge in [-0.25, -0.2) is 4.79 Å². The molecule has 0 bridgehead atoms. The van der Waals surface area contributed by atoms with E-state index in [4.69, 9.17) is 10.8 Å². The maximum atomic E-state index is 11.8. The fourth-order valence-electron chi connectivity index (χ4n) is 1.74. The SMILES string of the molecule is COC(=O)C(Cc1ccccc1)NC(=O)C(N)CC(=O)O.[KH]. The number of carbonyl (C=O) groups is 3. The van der Waals surface area contributed by atoms with Gasteiger partial charge < -0.3 is 20.9 Å². The summed E-state index contributed by atoms with van der Waals surface area (Å²) in [5.74, 6) is -2.51. The number of amides is 1. The summed E-state index contributed by atoms with van der Waals surface area (Å²) >= 11 is 0. The molecule has 0 spiro atoms. The Kier molecular flexibility index (Phi) is 10.5. The molecule has 0 heterocycles. The van der Waals surface area contributed by atoms with Crippen LogP contribution in [0.5, 0.6) is 0 Å². The van der Waals surface area contributed by atoms with Gasteiger partial charge in [0, 0.05) is 6.42 Å². The molecule has 1 amide bonds. The van der Waals surface area contributed by atoms with Crippen LogP contribution in [0.3, 0.4) is 0 Å². The van der Waals surface area contributed by atoms with Crippen LogP contribution < -0.4 is 11.1 Å². The molecule has 0 aliphatic heterocycles. The van der Waals surface area contributed by atoms with Crippen LogP contribution in [-0.2, 0) is 25.5 Å². The maximum absolute atomic E-state index is 11.8. The first-order chi connectivity index (χ1) is 9.93. The standard InChI is InChI=1S/C14H18N2O5.K.H/c1-21-14(20)11(7-9-5-3-2-4-6-9)16-13(19)10(15)8-12(17)18;;/h2-6,10-11H,7-8,15H2,1H3,(H,16,19)(H,17,18);;. The third kappa shape index (κ3) is 7.48. The zero-order valence-electron chi connectivity index (χ0n) is 11.6. The number of carboxylic acids is 1. The molecule has 0 radical (unpaired) electrons. The molecule has 0 aliphatic carbocycles. The summed E-state index contributed by atoms with van der Waals surface area (Å²) in [6, 6.07) is 6.93. The molecule has 22 heavy (non-hydrogen) atoms. The zero-order valence-corrected chi connectivity index (χ0v) is 11.6. The van der Waals surface area contributed by atoms with Gasteiger partial charge in [-0.15, -0.1) is 0 Å². The van der Waals surface area contributed by atoms with Crippen LogP contribution in [0.2, 0.25) is 0 Å². The minimum absolute atomic E-state index is 0. The van der Waals surface area contributed by atoms with Crippen LogP contribution in [0.1, 0.15) is 12.0 Å². The van der Waals surface area contributed by atoms with E-state index < -0.39 is 36.4 Å². The number of nitrogens with two attached hydrogens (primary N) is 1. The van der Waals surface area contributed by atoms with Gasteiger partial charge in [0.05, 0.1) is 19.6 Å². The molecule has 2 unspecified atom stereocenters. The summed E-state index contributed by atoms with van der Waals surface area (Å²) in [5.41, 5.74) is 6.29. The number of ether oxygens (including phenoxy) is 1. The minimum atomic E-state index is -1.22. The molecule has 0 saturated carbocycles. The van der Waals surface area contributed by atoms with Crippen molar-refractivity contribution in [3.63, 3.8) is 0 Å². The molecule has 2 atom stereocenters. The van der Waals surface area contributed by atoms with Crippen LogP contribution in [-0.4, -0.2) is 93.5 Å². The first-order valence-corrected chi connectivity index (χ1v) is 6.33. The van der Waals surface area contributed by atoms with E-state index in [-0.39, 0.29) is 57.8 Å². The topological polar surface area (TPSA) is 119 Å². The fourth-order valence-corrected chi connectivity index (χ4v) is 1.74. The van der Waals surface area contributed by atoms with E-state index in [1.54, 1.807) is 12.1 Å². The van der Waals surface area contributed by atoms with Crippen molar-refractivity contribution in [3.05, 3.63) is 35.9 Å². The van der Waals surface area contributed by atoms with Gasteiger partial charge >= 0.3 is 63.3 Å². The quantitative estimate of drug-likeness (QED) is 0.436. The summed E-state index contributed by atoms with van der Waals surface area (Å²) in [7, 11) is 1.21. The number of rotatable bonds is 7. The number of carboxylic acid groups (broad SMARTS) is 1. The van der Waals surface area contributed by atoms with E-state index in [0.29, 0.717) is 0 Å². The van der Waals surface area contributed by atoms with Crippen molar-refractivity contribution in [1.29, 1.82) is 0 Å². The molecule has 0 fully saturated rings. The monoisotopic (exact) mass is 334 g/mol. The number of esters is 1. The number of carbonyl (C=O) groups excluding carboxylic acids is 2. The van der Waals surface area contributed by atoms with E-state index in [1.165, 1.54) is 7.11 Å². The number of aliphatic carboxylic acids is 1. The molecule has 0 aromatic heterocycles. The molecule has 1 aromatic carbocycles. The van der Waals surface area contributed by atoms with Crippen LogP contribution in [0, 0.1) is 0 Å².